The zero-order valence-electron chi connectivity index (χ0n) is 16.7. The van der Waals surface area contributed by atoms with E-state index in [1.54, 1.807) is 36.6 Å². The Balaban J connectivity index is 1.62. The van der Waals surface area contributed by atoms with E-state index in [-0.39, 0.29) is 16.7 Å². The van der Waals surface area contributed by atoms with Crippen molar-refractivity contribution >= 4 is 33.2 Å². The number of nitrogens with one attached hydrogen (secondary N) is 1. The second-order valence-electron chi connectivity index (χ2n) is 7.94. The van der Waals surface area contributed by atoms with E-state index in [0.29, 0.717) is 36.6 Å². The van der Waals surface area contributed by atoms with Crippen LogP contribution in [0, 0.1) is 0 Å². The van der Waals surface area contributed by atoms with Gasteiger partial charge in [-0.25, -0.2) is 13.1 Å². The zero-order chi connectivity index (χ0) is 21.2. The second kappa shape index (κ2) is 8.25. The molecule has 1 fully saturated rings. The molecular weight excluding hydrogens is 410 g/mol. The van der Waals surface area contributed by atoms with E-state index in [1.165, 1.54) is 35.6 Å². The van der Waals surface area contributed by atoms with Crippen LogP contribution < -0.4 is 4.72 Å². The van der Waals surface area contributed by atoms with Crippen molar-refractivity contribution in [3.8, 4) is 0 Å². The predicted octanol–water partition coefficient (Wildman–Crippen LogP) is 2.42. The second-order valence-corrected chi connectivity index (χ2v) is 10.6. The number of thiophene rings is 1. The highest BCUT2D eigenvalue weighted by Gasteiger charge is 2.27. The number of carbonyl (C=O) groups excluding carboxylic acids is 2. The Morgan fingerprint density at radius 1 is 0.931 bits per heavy atom. The number of rotatable bonds is 4. The normalized spacial score (nSPS) is 15.4. The number of hydrogen-bond donors (Lipinski definition) is 1. The van der Waals surface area contributed by atoms with E-state index in [0.717, 1.165) is 0 Å². The molecule has 2 amide bonds. The molecule has 0 spiro atoms. The first-order valence-electron chi connectivity index (χ1n) is 9.33. The van der Waals surface area contributed by atoms with Crippen molar-refractivity contribution in [2.24, 2.45) is 0 Å². The third-order valence-electron chi connectivity index (χ3n) is 4.44. The lowest BCUT2D eigenvalue weighted by atomic mass is 10.1. The first kappa shape index (κ1) is 21.5. The van der Waals surface area contributed by atoms with Crippen LogP contribution in [0.3, 0.4) is 0 Å². The van der Waals surface area contributed by atoms with Crippen molar-refractivity contribution in [3.63, 3.8) is 0 Å². The molecule has 7 nitrogen and oxygen atoms in total. The van der Waals surface area contributed by atoms with E-state index < -0.39 is 15.6 Å². The zero-order valence-corrected chi connectivity index (χ0v) is 18.3. The highest BCUT2D eigenvalue weighted by molar-refractivity contribution is 7.89. The van der Waals surface area contributed by atoms with Gasteiger partial charge in [-0.3, -0.25) is 9.59 Å². The molecule has 0 atom stereocenters. The lowest BCUT2D eigenvalue weighted by molar-refractivity contribution is 0.0538. The lowest BCUT2D eigenvalue weighted by Gasteiger charge is -2.34. The summed E-state index contributed by atoms with van der Waals surface area (Å²) in [5.74, 6) is -0.172. The van der Waals surface area contributed by atoms with Crippen molar-refractivity contribution < 1.29 is 18.0 Å². The Labute approximate surface area is 175 Å². The maximum atomic E-state index is 12.8. The molecule has 1 aliphatic rings. The Morgan fingerprint density at radius 3 is 1.97 bits per heavy atom. The molecule has 29 heavy (non-hydrogen) atoms. The minimum absolute atomic E-state index is 0.00648. The van der Waals surface area contributed by atoms with Gasteiger partial charge in [-0.15, -0.1) is 11.3 Å². The summed E-state index contributed by atoms with van der Waals surface area (Å²) in [7, 11) is -3.64. The fraction of sp³-hybridized carbons (Fsp3) is 0.400. The Bertz CT molecular complexity index is 970. The van der Waals surface area contributed by atoms with Crippen LogP contribution in [0.5, 0.6) is 0 Å². The molecular formula is C20H25N3O4S2. The van der Waals surface area contributed by atoms with E-state index in [1.807, 2.05) is 11.4 Å². The third-order valence-corrected chi connectivity index (χ3v) is 7.07. The quantitative estimate of drug-likeness (QED) is 0.799. The lowest BCUT2D eigenvalue weighted by Crippen LogP contribution is -2.50. The monoisotopic (exact) mass is 435 g/mol. The molecule has 2 aromatic rings. The molecule has 0 radical (unpaired) electrons. The number of benzene rings is 1. The molecule has 1 aromatic carbocycles. The fourth-order valence-electron chi connectivity index (χ4n) is 3.09. The molecule has 1 N–H and O–H groups in total. The highest BCUT2D eigenvalue weighted by atomic mass is 32.2. The van der Waals surface area contributed by atoms with Crippen LogP contribution in [0.25, 0.3) is 0 Å². The first-order chi connectivity index (χ1) is 13.6. The SMILES string of the molecule is CC(C)(C)NS(=O)(=O)c1ccc(C(=O)N2CCN(C(=O)c3cccs3)CC2)cc1. The van der Waals surface area contributed by atoms with E-state index >= 15 is 0 Å². The van der Waals surface area contributed by atoms with Gasteiger partial charge in [0, 0.05) is 37.3 Å². The molecule has 156 valence electrons. The van der Waals surface area contributed by atoms with Gasteiger partial charge in [-0.05, 0) is 56.5 Å². The summed E-state index contributed by atoms with van der Waals surface area (Å²) in [5.41, 5.74) is -0.161. The fourth-order valence-corrected chi connectivity index (χ4v) is 5.20. The number of nitrogens with zero attached hydrogens (tertiary/aromatic N) is 2. The number of sulfonamides is 1. The number of carbonyl (C=O) groups is 2. The van der Waals surface area contributed by atoms with Crippen LogP contribution in [0.1, 0.15) is 40.8 Å². The van der Waals surface area contributed by atoms with E-state index in [4.69, 9.17) is 0 Å². The Hall–Kier alpha value is -2.23. The smallest absolute Gasteiger partial charge is 0.264 e. The molecule has 9 heteroatoms. The number of amides is 2. The van der Waals surface area contributed by atoms with Gasteiger partial charge in [0.2, 0.25) is 10.0 Å². The Morgan fingerprint density at radius 2 is 1.48 bits per heavy atom. The summed E-state index contributed by atoms with van der Waals surface area (Å²) in [6.07, 6.45) is 0. The van der Waals surface area contributed by atoms with Crippen LogP contribution in [0.15, 0.2) is 46.7 Å². The van der Waals surface area contributed by atoms with Crippen molar-refractivity contribution in [3.05, 3.63) is 52.2 Å². The minimum Gasteiger partial charge on any atom is -0.335 e. The van der Waals surface area contributed by atoms with Gasteiger partial charge in [0.15, 0.2) is 0 Å². The van der Waals surface area contributed by atoms with Crippen LogP contribution in [-0.2, 0) is 10.0 Å². The largest absolute Gasteiger partial charge is 0.335 e. The van der Waals surface area contributed by atoms with Crippen LogP contribution in [0.2, 0.25) is 0 Å². The van der Waals surface area contributed by atoms with E-state index in [9.17, 15) is 18.0 Å². The summed E-state index contributed by atoms with van der Waals surface area (Å²) < 4.78 is 27.4. The van der Waals surface area contributed by atoms with Gasteiger partial charge >= 0.3 is 0 Å². The van der Waals surface area contributed by atoms with Gasteiger partial charge < -0.3 is 9.80 Å². The number of piperazine rings is 1. The molecule has 2 heterocycles. The molecule has 0 aliphatic carbocycles. The molecule has 0 saturated carbocycles. The summed E-state index contributed by atoms with van der Waals surface area (Å²) in [4.78, 5) is 29.4. The van der Waals surface area contributed by atoms with Gasteiger partial charge in [0.25, 0.3) is 11.8 Å². The summed E-state index contributed by atoms with van der Waals surface area (Å²) in [6.45, 7) is 7.15. The van der Waals surface area contributed by atoms with Crippen molar-refractivity contribution in [2.75, 3.05) is 26.2 Å². The van der Waals surface area contributed by atoms with Crippen molar-refractivity contribution in [1.29, 1.82) is 0 Å². The maximum Gasteiger partial charge on any atom is 0.264 e. The highest BCUT2D eigenvalue weighted by Crippen LogP contribution is 2.17. The van der Waals surface area contributed by atoms with Gasteiger partial charge in [0.1, 0.15) is 0 Å². The van der Waals surface area contributed by atoms with Gasteiger partial charge in [-0.1, -0.05) is 6.07 Å². The minimum atomic E-state index is -3.64. The summed E-state index contributed by atoms with van der Waals surface area (Å²) >= 11 is 1.41. The van der Waals surface area contributed by atoms with Crippen LogP contribution in [0.4, 0.5) is 0 Å². The van der Waals surface area contributed by atoms with Gasteiger partial charge in [0.05, 0.1) is 9.77 Å². The molecule has 3 rings (SSSR count). The van der Waals surface area contributed by atoms with Crippen LogP contribution in [-0.4, -0.2) is 61.7 Å². The molecule has 1 aromatic heterocycles. The van der Waals surface area contributed by atoms with Crippen LogP contribution >= 0.6 is 11.3 Å². The Kier molecular flexibility index (Phi) is 6.11. The maximum absolute atomic E-state index is 12.8. The third kappa shape index (κ3) is 5.23. The van der Waals surface area contributed by atoms with Gasteiger partial charge in [-0.2, -0.15) is 0 Å². The van der Waals surface area contributed by atoms with Crippen molar-refractivity contribution in [1.82, 2.24) is 14.5 Å². The predicted molar refractivity (Wildman–Crippen MR) is 113 cm³/mol. The standard InChI is InChI=1S/C20H25N3O4S2/c1-20(2,3)21-29(26,27)16-8-6-15(7-9-16)18(24)22-10-12-23(13-11-22)19(25)17-5-4-14-28-17/h4-9,14,21H,10-13H2,1-3H3. The van der Waals surface area contributed by atoms with Crippen molar-refractivity contribution in [2.45, 2.75) is 31.2 Å². The summed E-state index contributed by atoms with van der Waals surface area (Å²) in [5, 5.41) is 1.87. The average Bonchev–Trinajstić information content (AvgIpc) is 3.20. The van der Waals surface area contributed by atoms with E-state index in [2.05, 4.69) is 4.72 Å². The molecule has 1 aliphatic heterocycles. The first-order valence-corrected chi connectivity index (χ1v) is 11.7. The number of hydrogen-bond acceptors (Lipinski definition) is 5. The summed E-state index contributed by atoms with van der Waals surface area (Å²) in [6, 6.07) is 9.59. The molecule has 0 bridgehead atoms. The molecule has 0 unspecified atom stereocenters. The molecule has 1 saturated heterocycles. The average molecular weight is 436 g/mol. The topological polar surface area (TPSA) is 86.8 Å².